The van der Waals surface area contributed by atoms with Crippen LogP contribution < -0.4 is 5.32 Å². The van der Waals surface area contributed by atoms with E-state index in [1.807, 2.05) is 6.07 Å². The lowest BCUT2D eigenvalue weighted by Gasteiger charge is -2.47. The monoisotopic (exact) mass is 489 g/mol. The Kier molecular flexibility index (Phi) is 5.43. The highest BCUT2D eigenvalue weighted by molar-refractivity contribution is 5.94. The van der Waals surface area contributed by atoms with Gasteiger partial charge in [-0.05, 0) is 61.6 Å². The fourth-order valence-electron chi connectivity index (χ4n) is 6.06. The van der Waals surface area contributed by atoms with Crippen LogP contribution in [0.3, 0.4) is 0 Å². The summed E-state index contributed by atoms with van der Waals surface area (Å²) in [7, 11) is 0. The molecule has 2 unspecified atom stereocenters. The highest BCUT2D eigenvalue weighted by Crippen LogP contribution is 2.46. The third kappa shape index (κ3) is 3.88. The third-order valence-electron chi connectivity index (χ3n) is 8.00. The van der Waals surface area contributed by atoms with Gasteiger partial charge >= 0.3 is 0 Å². The summed E-state index contributed by atoms with van der Waals surface area (Å²) < 4.78 is 28.4. The zero-order valence-corrected chi connectivity index (χ0v) is 19.7. The number of anilines is 1. The van der Waals surface area contributed by atoms with E-state index in [1.165, 1.54) is 43.9 Å². The summed E-state index contributed by atoms with van der Waals surface area (Å²) >= 11 is 0. The van der Waals surface area contributed by atoms with Crippen LogP contribution >= 0.6 is 0 Å². The van der Waals surface area contributed by atoms with Crippen molar-refractivity contribution in [1.29, 1.82) is 0 Å². The molecule has 4 aromatic rings. The molecule has 2 aromatic carbocycles. The van der Waals surface area contributed by atoms with Crippen molar-refractivity contribution in [3.8, 4) is 22.6 Å². The normalized spacial score (nSPS) is 23.2. The molecule has 2 N–H and O–H groups in total. The molecule has 3 aliphatic carbocycles. The Morgan fingerprint density at radius 3 is 2.44 bits per heavy atom. The average molecular weight is 490 g/mol. The van der Waals surface area contributed by atoms with Crippen molar-refractivity contribution in [1.82, 2.24) is 15.0 Å². The zero-order chi connectivity index (χ0) is 25.0. The van der Waals surface area contributed by atoms with E-state index >= 15 is 0 Å². The van der Waals surface area contributed by atoms with Crippen molar-refractivity contribution < 1.29 is 13.7 Å². The summed E-state index contributed by atoms with van der Waals surface area (Å²) in [5, 5.41) is 15.1. The minimum Gasteiger partial charge on any atom is -0.367 e. The summed E-state index contributed by atoms with van der Waals surface area (Å²) in [6, 6.07) is 10.4. The largest absolute Gasteiger partial charge is 0.367 e. The van der Waals surface area contributed by atoms with Gasteiger partial charge in [-0.15, -0.1) is 0 Å². The van der Waals surface area contributed by atoms with Crippen molar-refractivity contribution in [2.75, 3.05) is 5.32 Å². The Morgan fingerprint density at radius 2 is 1.75 bits per heavy atom. The molecular formula is C27H25F2N5O2. The molecule has 2 atom stereocenters. The standard InChI is InChI=1S/C27H25F2N5O2/c1-14-15-2-4-17(5-3-15)25(14)32-24-12-23(16-6-8-19(9-7-16)34(35)36)31-27(33-24)21-13-30-26-20(21)10-18(28)11-22(26)29/h6-15,17,25,30H,2-5H2,1H3,(H,31,32,33). The number of rotatable bonds is 5. The molecule has 2 heterocycles. The molecule has 0 aliphatic heterocycles. The van der Waals surface area contributed by atoms with E-state index in [0.29, 0.717) is 51.6 Å². The van der Waals surface area contributed by atoms with E-state index in [4.69, 9.17) is 9.97 Å². The van der Waals surface area contributed by atoms with Crippen molar-refractivity contribution in [2.45, 2.75) is 38.6 Å². The highest BCUT2D eigenvalue weighted by Gasteiger charge is 2.41. The number of benzene rings is 2. The molecule has 0 amide bonds. The van der Waals surface area contributed by atoms with Crippen LogP contribution in [0.2, 0.25) is 0 Å². The average Bonchev–Trinajstić information content (AvgIpc) is 3.30. The van der Waals surface area contributed by atoms with Gasteiger partial charge in [-0.1, -0.05) is 6.92 Å². The Balaban J connectivity index is 1.46. The molecule has 0 saturated heterocycles. The van der Waals surface area contributed by atoms with Gasteiger partial charge < -0.3 is 10.3 Å². The Hall–Kier alpha value is -3.88. The molecule has 3 fully saturated rings. The summed E-state index contributed by atoms with van der Waals surface area (Å²) in [4.78, 5) is 23.0. The molecule has 2 aromatic heterocycles. The molecular weight excluding hydrogens is 464 g/mol. The van der Waals surface area contributed by atoms with Gasteiger partial charge in [0.15, 0.2) is 5.82 Å². The molecule has 2 bridgehead atoms. The van der Waals surface area contributed by atoms with E-state index in [-0.39, 0.29) is 17.2 Å². The summed E-state index contributed by atoms with van der Waals surface area (Å²) in [5.74, 6) is 1.35. The van der Waals surface area contributed by atoms with Gasteiger partial charge in [-0.25, -0.2) is 18.7 Å². The molecule has 0 radical (unpaired) electrons. The number of hydrogen-bond donors (Lipinski definition) is 2. The number of hydrogen-bond acceptors (Lipinski definition) is 5. The van der Waals surface area contributed by atoms with Gasteiger partial charge in [0.2, 0.25) is 0 Å². The van der Waals surface area contributed by atoms with Crippen LogP contribution in [0, 0.1) is 39.5 Å². The quantitative estimate of drug-likeness (QED) is 0.240. The Morgan fingerprint density at radius 1 is 1.03 bits per heavy atom. The number of fused-ring (bicyclic) bond motifs is 4. The van der Waals surface area contributed by atoms with Crippen LogP contribution in [0.25, 0.3) is 33.5 Å². The number of halogens is 2. The maximum absolute atomic E-state index is 14.4. The summed E-state index contributed by atoms with van der Waals surface area (Å²) in [6.07, 6.45) is 6.50. The van der Waals surface area contributed by atoms with E-state index in [9.17, 15) is 18.9 Å². The number of nitrogens with zero attached hydrogens (tertiary/aromatic N) is 3. The van der Waals surface area contributed by atoms with Crippen LogP contribution in [0.1, 0.15) is 32.6 Å². The second kappa shape index (κ2) is 8.65. The number of H-pyrrole nitrogens is 1. The third-order valence-corrected chi connectivity index (χ3v) is 8.00. The van der Waals surface area contributed by atoms with Crippen LogP contribution in [0.5, 0.6) is 0 Å². The van der Waals surface area contributed by atoms with Gasteiger partial charge in [0.25, 0.3) is 5.69 Å². The second-order valence-corrected chi connectivity index (χ2v) is 9.98. The first kappa shape index (κ1) is 22.6. The fourth-order valence-corrected chi connectivity index (χ4v) is 6.06. The van der Waals surface area contributed by atoms with Gasteiger partial charge in [0, 0.05) is 53.0 Å². The lowest BCUT2D eigenvalue weighted by molar-refractivity contribution is -0.384. The molecule has 7 nitrogen and oxygen atoms in total. The van der Waals surface area contributed by atoms with Crippen LogP contribution in [0.15, 0.2) is 48.7 Å². The fraction of sp³-hybridized carbons (Fsp3) is 0.333. The highest BCUT2D eigenvalue weighted by atomic mass is 19.1. The van der Waals surface area contributed by atoms with Crippen LogP contribution in [0.4, 0.5) is 20.3 Å². The SMILES string of the molecule is CC1C2CCC(CC2)C1Nc1cc(-c2ccc([N+](=O)[O-])cc2)nc(-c2c[nH]c3c(F)cc(F)cc23)n1. The first-order valence-electron chi connectivity index (χ1n) is 12.2. The first-order chi connectivity index (χ1) is 17.4. The predicted molar refractivity (Wildman–Crippen MR) is 133 cm³/mol. The van der Waals surface area contributed by atoms with Gasteiger partial charge in [0.05, 0.1) is 16.1 Å². The lowest BCUT2D eigenvalue weighted by Crippen LogP contribution is -2.47. The molecule has 9 heteroatoms. The Labute approximate surface area is 206 Å². The van der Waals surface area contributed by atoms with Gasteiger partial charge in [0.1, 0.15) is 17.5 Å². The van der Waals surface area contributed by atoms with E-state index in [2.05, 4.69) is 17.2 Å². The van der Waals surface area contributed by atoms with Crippen molar-refractivity contribution >= 4 is 22.4 Å². The molecule has 0 spiro atoms. The predicted octanol–water partition coefficient (Wildman–Crippen LogP) is 6.71. The topological polar surface area (TPSA) is 96.7 Å². The van der Waals surface area contributed by atoms with E-state index in [1.54, 1.807) is 18.3 Å². The van der Waals surface area contributed by atoms with Crippen molar-refractivity contribution in [2.24, 2.45) is 17.8 Å². The molecule has 184 valence electrons. The van der Waals surface area contributed by atoms with Crippen molar-refractivity contribution in [3.63, 3.8) is 0 Å². The smallest absolute Gasteiger partial charge is 0.269 e. The Bertz CT molecular complexity index is 1460. The maximum Gasteiger partial charge on any atom is 0.269 e. The minimum atomic E-state index is -0.687. The molecule has 3 aliphatic rings. The molecule has 3 saturated carbocycles. The second-order valence-electron chi connectivity index (χ2n) is 9.98. The minimum absolute atomic E-state index is 0.0130. The molecule has 7 rings (SSSR count). The number of nitrogens with one attached hydrogen (secondary N) is 2. The summed E-state index contributed by atoms with van der Waals surface area (Å²) in [6.45, 7) is 2.29. The van der Waals surface area contributed by atoms with Crippen molar-refractivity contribution in [3.05, 3.63) is 70.4 Å². The van der Waals surface area contributed by atoms with E-state index in [0.717, 1.165) is 6.07 Å². The number of nitro benzene ring substituents is 1. The van der Waals surface area contributed by atoms with Crippen LogP contribution in [-0.4, -0.2) is 25.9 Å². The number of non-ortho nitro benzene ring substituents is 1. The van der Waals surface area contributed by atoms with Gasteiger partial charge in [-0.3, -0.25) is 10.1 Å². The molecule has 36 heavy (non-hydrogen) atoms. The van der Waals surface area contributed by atoms with E-state index < -0.39 is 16.6 Å². The van der Waals surface area contributed by atoms with Gasteiger partial charge in [-0.2, -0.15) is 0 Å². The number of aromatic amines is 1. The number of nitro groups is 1. The first-order valence-corrected chi connectivity index (χ1v) is 12.2. The summed E-state index contributed by atoms with van der Waals surface area (Å²) in [5.41, 5.74) is 1.90. The zero-order valence-electron chi connectivity index (χ0n) is 19.7. The lowest BCUT2D eigenvalue weighted by atomic mass is 9.62. The maximum atomic E-state index is 14.4. The van der Waals surface area contributed by atoms with Crippen LogP contribution in [-0.2, 0) is 0 Å². The number of aromatic nitrogens is 3.